The van der Waals surface area contributed by atoms with E-state index in [9.17, 15) is 13.6 Å². The molecular weight excluding hydrogens is 240 g/mol. The zero-order chi connectivity index (χ0) is 12.3. The fourth-order valence-electron chi connectivity index (χ4n) is 1.16. The lowest BCUT2D eigenvalue weighted by atomic mass is 10.1. The molecule has 1 rings (SSSR count). The molecule has 88 valence electrons. The Hall–Kier alpha value is -1.23. The predicted molar refractivity (Wildman–Crippen MR) is 54.9 cm³/mol. The van der Waals surface area contributed by atoms with Crippen molar-refractivity contribution in [2.24, 2.45) is 0 Å². The summed E-state index contributed by atoms with van der Waals surface area (Å²) < 4.78 is 29.9. The molecule has 0 aliphatic carbocycles. The minimum Gasteiger partial charge on any atom is -0.462 e. The zero-order valence-corrected chi connectivity index (χ0v) is 9.52. The van der Waals surface area contributed by atoms with E-state index in [1.807, 2.05) is 0 Å². The van der Waals surface area contributed by atoms with Crippen LogP contribution in [-0.2, 0) is 4.74 Å². The van der Waals surface area contributed by atoms with Crippen molar-refractivity contribution in [1.82, 2.24) is 4.98 Å². The lowest BCUT2D eigenvalue weighted by Crippen LogP contribution is -2.11. The van der Waals surface area contributed by atoms with E-state index >= 15 is 0 Å². The van der Waals surface area contributed by atoms with Crippen molar-refractivity contribution in [1.29, 1.82) is 0 Å². The molecule has 0 unspecified atom stereocenters. The number of ether oxygens (including phenoxy) is 1. The summed E-state index contributed by atoms with van der Waals surface area (Å²) in [5.41, 5.74) is -0.540. The van der Waals surface area contributed by atoms with Crippen LogP contribution >= 0.6 is 11.6 Å². The Morgan fingerprint density at radius 2 is 2.25 bits per heavy atom. The maximum absolute atomic E-state index is 12.6. The van der Waals surface area contributed by atoms with Gasteiger partial charge in [0.2, 0.25) is 0 Å². The minimum absolute atomic E-state index is 0.0382. The second-order valence-electron chi connectivity index (χ2n) is 3.04. The maximum Gasteiger partial charge on any atom is 0.341 e. The summed E-state index contributed by atoms with van der Waals surface area (Å²) >= 11 is 5.80. The van der Waals surface area contributed by atoms with Gasteiger partial charge in [0.1, 0.15) is 11.3 Å². The van der Waals surface area contributed by atoms with Gasteiger partial charge in [-0.3, -0.25) is 4.98 Å². The van der Waals surface area contributed by atoms with Crippen LogP contribution in [-0.4, -0.2) is 17.6 Å². The van der Waals surface area contributed by atoms with E-state index in [0.29, 0.717) is 5.56 Å². The number of rotatable bonds is 3. The van der Waals surface area contributed by atoms with Gasteiger partial charge in [0.25, 0.3) is 6.43 Å². The maximum atomic E-state index is 12.6. The monoisotopic (exact) mass is 249 g/mol. The molecule has 1 aromatic rings. The summed E-state index contributed by atoms with van der Waals surface area (Å²) in [6.45, 7) is 3.25. The smallest absolute Gasteiger partial charge is 0.341 e. The quantitative estimate of drug-likeness (QED) is 0.773. The molecule has 0 aliphatic rings. The average Bonchev–Trinajstić information content (AvgIpc) is 2.21. The Balaban J connectivity index is 3.31. The van der Waals surface area contributed by atoms with E-state index in [2.05, 4.69) is 9.72 Å². The van der Waals surface area contributed by atoms with Crippen LogP contribution in [0.2, 0.25) is 5.02 Å². The molecular formula is C10H10ClF2NO2. The van der Waals surface area contributed by atoms with Gasteiger partial charge in [-0.1, -0.05) is 11.6 Å². The van der Waals surface area contributed by atoms with Gasteiger partial charge in [0.15, 0.2) is 0 Å². The van der Waals surface area contributed by atoms with E-state index in [1.165, 1.54) is 6.20 Å². The highest BCUT2D eigenvalue weighted by molar-refractivity contribution is 6.34. The van der Waals surface area contributed by atoms with Gasteiger partial charge in [-0.2, -0.15) is 0 Å². The summed E-state index contributed by atoms with van der Waals surface area (Å²) in [7, 11) is 0. The van der Waals surface area contributed by atoms with E-state index in [-0.39, 0.29) is 17.2 Å². The highest BCUT2D eigenvalue weighted by Crippen LogP contribution is 2.29. The van der Waals surface area contributed by atoms with E-state index in [0.717, 1.165) is 0 Å². The first-order chi connectivity index (χ1) is 7.49. The van der Waals surface area contributed by atoms with E-state index in [1.54, 1.807) is 13.8 Å². The molecule has 1 heterocycles. The third-order valence-electron chi connectivity index (χ3n) is 1.91. The highest BCUT2D eigenvalue weighted by Gasteiger charge is 2.25. The first-order valence-corrected chi connectivity index (χ1v) is 4.97. The molecule has 0 radical (unpaired) electrons. The summed E-state index contributed by atoms with van der Waals surface area (Å²) in [4.78, 5) is 15.0. The number of hydrogen-bond acceptors (Lipinski definition) is 3. The topological polar surface area (TPSA) is 39.2 Å². The number of esters is 1. The van der Waals surface area contributed by atoms with Crippen molar-refractivity contribution in [3.05, 3.63) is 28.0 Å². The molecule has 1 aromatic heterocycles. The van der Waals surface area contributed by atoms with Crippen LogP contribution < -0.4 is 0 Å². The zero-order valence-electron chi connectivity index (χ0n) is 8.76. The van der Waals surface area contributed by atoms with Gasteiger partial charge >= 0.3 is 5.97 Å². The molecule has 0 saturated carbocycles. The third kappa shape index (κ3) is 2.47. The second kappa shape index (κ2) is 5.21. The molecule has 6 heteroatoms. The second-order valence-corrected chi connectivity index (χ2v) is 3.41. The minimum atomic E-state index is -2.86. The first kappa shape index (κ1) is 12.8. The lowest BCUT2D eigenvalue weighted by molar-refractivity contribution is 0.0513. The molecule has 0 amide bonds. The van der Waals surface area contributed by atoms with Crippen molar-refractivity contribution in [3.63, 3.8) is 0 Å². The Bertz CT molecular complexity index is 410. The lowest BCUT2D eigenvalue weighted by Gasteiger charge is -2.10. The molecule has 3 nitrogen and oxygen atoms in total. The van der Waals surface area contributed by atoms with E-state index < -0.39 is 18.1 Å². The first-order valence-electron chi connectivity index (χ1n) is 4.59. The molecule has 0 N–H and O–H groups in total. The number of alkyl halides is 2. The largest absolute Gasteiger partial charge is 0.462 e. The molecule has 0 atom stereocenters. The number of carbonyl (C=O) groups is 1. The number of hydrogen-bond donors (Lipinski definition) is 0. The van der Waals surface area contributed by atoms with Gasteiger partial charge in [-0.25, -0.2) is 13.6 Å². The van der Waals surface area contributed by atoms with Crippen LogP contribution in [0.4, 0.5) is 8.78 Å². The number of aryl methyl sites for hydroxylation is 1. The van der Waals surface area contributed by atoms with Crippen LogP contribution in [0.5, 0.6) is 0 Å². The van der Waals surface area contributed by atoms with Gasteiger partial charge in [0, 0.05) is 6.20 Å². The molecule has 0 aromatic carbocycles. The normalized spacial score (nSPS) is 10.6. The average molecular weight is 250 g/mol. The Morgan fingerprint density at radius 3 is 2.75 bits per heavy atom. The summed E-state index contributed by atoms with van der Waals surface area (Å²) in [5.74, 6) is -0.876. The van der Waals surface area contributed by atoms with Crippen molar-refractivity contribution >= 4 is 17.6 Å². The number of pyridine rings is 1. The Morgan fingerprint density at radius 1 is 1.62 bits per heavy atom. The number of halogens is 3. The van der Waals surface area contributed by atoms with Crippen molar-refractivity contribution in [3.8, 4) is 0 Å². The molecule has 0 fully saturated rings. The molecule has 16 heavy (non-hydrogen) atoms. The summed E-state index contributed by atoms with van der Waals surface area (Å²) in [6.07, 6.45) is -1.66. The van der Waals surface area contributed by atoms with Gasteiger partial charge in [-0.15, -0.1) is 0 Å². The summed E-state index contributed by atoms with van der Waals surface area (Å²) in [5, 5.41) is -0.0382. The van der Waals surface area contributed by atoms with E-state index in [4.69, 9.17) is 11.6 Å². The van der Waals surface area contributed by atoms with Gasteiger partial charge in [-0.05, 0) is 19.4 Å². The molecule has 0 saturated heterocycles. The van der Waals surface area contributed by atoms with Crippen LogP contribution in [0.1, 0.15) is 35.0 Å². The molecule has 0 aliphatic heterocycles. The Kier molecular flexibility index (Phi) is 4.18. The Labute approximate surface area is 96.4 Å². The molecule has 0 bridgehead atoms. The number of carbonyl (C=O) groups excluding carboxylic acids is 1. The van der Waals surface area contributed by atoms with Gasteiger partial charge in [0.05, 0.1) is 11.6 Å². The fraction of sp³-hybridized carbons (Fsp3) is 0.400. The third-order valence-corrected chi connectivity index (χ3v) is 2.39. The van der Waals surface area contributed by atoms with Crippen molar-refractivity contribution in [2.75, 3.05) is 6.61 Å². The van der Waals surface area contributed by atoms with Crippen LogP contribution in [0.25, 0.3) is 0 Å². The summed E-state index contributed by atoms with van der Waals surface area (Å²) in [6, 6.07) is 0. The fourth-order valence-corrected chi connectivity index (χ4v) is 1.38. The molecule has 0 spiro atoms. The predicted octanol–water partition coefficient (Wildman–Crippen LogP) is 3.16. The van der Waals surface area contributed by atoms with Crippen molar-refractivity contribution in [2.45, 2.75) is 20.3 Å². The van der Waals surface area contributed by atoms with Crippen LogP contribution in [0.3, 0.4) is 0 Å². The standard InChI is InChI=1S/C10H10ClF2NO2/c1-3-16-10(15)6-7(11)5(2)4-14-8(6)9(12)13/h4,9H,3H2,1-2H3. The number of nitrogens with zero attached hydrogens (tertiary/aromatic N) is 1. The van der Waals surface area contributed by atoms with Crippen LogP contribution in [0.15, 0.2) is 6.20 Å². The number of aromatic nitrogens is 1. The highest BCUT2D eigenvalue weighted by atomic mass is 35.5. The van der Waals surface area contributed by atoms with Crippen LogP contribution in [0, 0.1) is 6.92 Å². The SMILES string of the molecule is CCOC(=O)c1c(C(F)F)ncc(C)c1Cl. The van der Waals surface area contributed by atoms with Gasteiger partial charge < -0.3 is 4.74 Å². The van der Waals surface area contributed by atoms with Crippen molar-refractivity contribution < 1.29 is 18.3 Å².